The maximum atomic E-state index is 13.5. The predicted molar refractivity (Wildman–Crippen MR) is 62.1 cm³/mol. The van der Waals surface area contributed by atoms with Gasteiger partial charge in [-0.05, 0) is 37.0 Å². The fraction of sp³-hybridized carbons (Fsp3) is 0.462. The Bertz CT molecular complexity index is 451. The molecule has 0 aliphatic carbocycles. The van der Waals surface area contributed by atoms with E-state index in [0.29, 0.717) is 13.1 Å². The number of amides is 1. The summed E-state index contributed by atoms with van der Waals surface area (Å²) in [5, 5.41) is 9.09. The maximum absolute atomic E-state index is 13.5. The molecule has 1 N–H and O–H groups in total. The van der Waals surface area contributed by atoms with Crippen molar-refractivity contribution in [3.8, 4) is 0 Å². The normalized spacial score (nSPS) is 19.9. The smallest absolute Gasteiger partial charge is 0.256 e. The van der Waals surface area contributed by atoms with Crippen LogP contribution in [0.4, 0.5) is 8.78 Å². The zero-order valence-electron chi connectivity index (χ0n) is 9.90. The lowest BCUT2D eigenvalue weighted by atomic mass is 9.98. The molecule has 0 radical (unpaired) electrons. The zero-order valence-corrected chi connectivity index (χ0v) is 9.90. The quantitative estimate of drug-likeness (QED) is 0.875. The summed E-state index contributed by atoms with van der Waals surface area (Å²) in [5.41, 5.74) is -0.242. The highest BCUT2D eigenvalue weighted by atomic mass is 19.1. The fourth-order valence-electron chi connectivity index (χ4n) is 2.23. The fourth-order valence-corrected chi connectivity index (χ4v) is 2.23. The van der Waals surface area contributed by atoms with E-state index in [1.807, 2.05) is 0 Å². The van der Waals surface area contributed by atoms with Crippen molar-refractivity contribution in [3.63, 3.8) is 0 Å². The van der Waals surface area contributed by atoms with Crippen molar-refractivity contribution in [1.29, 1.82) is 0 Å². The largest absolute Gasteiger partial charge is 0.396 e. The number of likely N-dealkylation sites (tertiary alicyclic amines) is 1. The van der Waals surface area contributed by atoms with Crippen molar-refractivity contribution in [2.45, 2.75) is 12.8 Å². The molecule has 1 atom stereocenters. The second-order valence-corrected chi connectivity index (χ2v) is 4.57. The van der Waals surface area contributed by atoms with Gasteiger partial charge in [-0.2, -0.15) is 0 Å². The minimum Gasteiger partial charge on any atom is -0.396 e. The van der Waals surface area contributed by atoms with Gasteiger partial charge in [0, 0.05) is 19.7 Å². The molecule has 1 aromatic rings. The summed E-state index contributed by atoms with van der Waals surface area (Å²) in [4.78, 5) is 13.5. The van der Waals surface area contributed by atoms with Crippen LogP contribution < -0.4 is 0 Å². The van der Waals surface area contributed by atoms with Crippen molar-refractivity contribution in [2.24, 2.45) is 5.92 Å². The van der Waals surface area contributed by atoms with E-state index >= 15 is 0 Å². The first-order chi connectivity index (χ1) is 8.61. The monoisotopic (exact) mass is 255 g/mol. The first kappa shape index (κ1) is 13.0. The van der Waals surface area contributed by atoms with Gasteiger partial charge in [0.2, 0.25) is 0 Å². The van der Waals surface area contributed by atoms with Gasteiger partial charge >= 0.3 is 0 Å². The summed E-state index contributed by atoms with van der Waals surface area (Å²) in [6.07, 6.45) is 1.62. The molecule has 0 bridgehead atoms. The Kier molecular flexibility index (Phi) is 3.91. The van der Waals surface area contributed by atoms with Gasteiger partial charge in [0.15, 0.2) is 0 Å². The number of nitrogens with zero attached hydrogens (tertiary/aromatic N) is 1. The molecular formula is C13H15F2NO2. The molecule has 18 heavy (non-hydrogen) atoms. The van der Waals surface area contributed by atoms with E-state index in [-0.39, 0.29) is 18.1 Å². The first-order valence-electron chi connectivity index (χ1n) is 5.97. The van der Waals surface area contributed by atoms with Crippen LogP contribution in [0.2, 0.25) is 0 Å². The van der Waals surface area contributed by atoms with Crippen LogP contribution in [0.25, 0.3) is 0 Å². The SMILES string of the molecule is O=C(c1cc(F)ccc1F)N1CCCC(CO)C1. The van der Waals surface area contributed by atoms with Crippen LogP contribution >= 0.6 is 0 Å². The number of carbonyl (C=O) groups excluding carboxylic acids is 1. The van der Waals surface area contributed by atoms with Crippen molar-refractivity contribution in [1.82, 2.24) is 4.90 Å². The molecule has 1 unspecified atom stereocenters. The number of rotatable bonds is 2. The lowest BCUT2D eigenvalue weighted by Crippen LogP contribution is -2.41. The van der Waals surface area contributed by atoms with E-state index in [9.17, 15) is 13.6 Å². The number of carbonyl (C=O) groups is 1. The van der Waals surface area contributed by atoms with Gasteiger partial charge in [-0.25, -0.2) is 8.78 Å². The third-order valence-corrected chi connectivity index (χ3v) is 3.22. The van der Waals surface area contributed by atoms with Crippen molar-refractivity contribution < 1.29 is 18.7 Å². The van der Waals surface area contributed by atoms with Crippen LogP contribution in [-0.4, -0.2) is 35.6 Å². The van der Waals surface area contributed by atoms with E-state index in [1.165, 1.54) is 4.90 Å². The first-order valence-corrected chi connectivity index (χ1v) is 5.97. The summed E-state index contributed by atoms with van der Waals surface area (Å²) in [6, 6.07) is 2.86. The molecule has 0 spiro atoms. The van der Waals surface area contributed by atoms with E-state index in [0.717, 1.165) is 31.0 Å². The molecule has 98 valence electrons. The number of aliphatic hydroxyl groups excluding tert-OH is 1. The van der Waals surface area contributed by atoms with Gasteiger partial charge in [-0.1, -0.05) is 0 Å². The van der Waals surface area contributed by atoms with Gasteiger partial charge in [0.1, 0.15) is 11.6 Å². The average Bonchev–Trinajstić information content (AvgIpc) is 2.41. The number of hydrogen-bond acceptors (Lipinski definition) is 2. The number of benzene rings is 1. The highest BCUT2D eigenvalue weighted by molar-refractivity contribution is 5.94. The molecule has 1 saturated heterocycles. The maximum Gasteiger partial charge on any atom is 0.256 e. The van der Waals surface area contributed by atoms with Crippen LogP contribution in [0.5, 0.6) is 0 Å². The van der Waals surface area contributed by atoms with Crippen LogP contribution in [0, 0.1) is 17.6 Å². The molecule has 0 aromatic heterocycles. The van der Waals surface area contributed by atoms with E-state index in [4.69, 9.17) is 5.11 Å². The van der Waals surface area contributed by atoms with Crippen molar-refractivity contribution in [3.05, 3.63) is 35.4 Å². The number of halogens is 2. The Morgan fingerprint density at radius 1 is 1.44 bits per heavy atom. The van der Waals surface area contributed by atoms with E-state index < -0.39 is 17.5 Å². The highest BCUT2D eigenvalue weighted by Gasteiger charge is 2.25. The zero-order chi connectivity index (χ0) is 13.1. The van der Waals surface area contributed by atoms with E-state index in [2.05, 4.69) is 0 Å². The summed E-state index contributed by atoms with van der Waals surface area (Å²) < 4.78 is 26.5. The predicted octanol–water partition coefficient (Wildman–Crippen LogP) is 1.81. The van der Waals surface area contributed by atoms with Crippen molar-refractivity contribution in [2.75, 3.05) is 19.7 Å². The molecular weight excluding hydrogens is 240 g/mol. The Labute approximate surface area is 104 Å². The Morgan fingerprint density at radius 3 is 2.94 bits per heavy atom. The van der Waals surface area contributed by atoms with Crippen LogP contribution in [0.15, 0.2) is 18.2 Å². The van der Waals surface area contributed by atoms with Gasteiger partial charge < -0.3 is 10.0 Å². The molecule has 1 amide bonds. The number of hydrogen-bond donors (Lipinski definition) is 1. The Morgan fingerprint density at radius 2 is 2.22 bits per heavy atom. The molecule has 1 aliphatic rings. The Hall–Kier alpha value is -1.49. The van der Waals surface area contributed by atoms with E-state index in [1.54, 1.807) is 0 Å². The molecule has 0 saturated carbocycles. The van der Waals surface area contributed by atoms with Gasteiger partial charge in [0.05, 0.1) is 5.56 Å². The van der Waals surface area contributed by atoms with Crippen LogP contribution in [0.3, 0.4) is 0 Å². The topological polar surface area (TPSA) is 40.5 Å². The highest BCUT2D eigenvalue weighted by Crippen LogP contribution is 2.19. The third kappa shape index (κ3) is 2.67. The number of piperidine rings is 1. The standard InChI is InChI=1S/C13H15F2NO2/c14-10-3-4-12(15)11(6-10)13(18)16-5-1-2-9(7-16)8-17/h3-4,6,9,17H,1-2,5,7-8H2. The van der Waals surface area contributed by atoms with Crippen LogP contribution in [-0.2, 0) is 0 Å². The van der Waals surface area contributed by atoms with Gasteiger partial charge in [0.25, 0.3) is 5.91 Å². The van der Waals surface area contributed by atoms with Crippen LogP contribution in [0.1, 0.15) is 23.2 Å². The summed E-state index contributed by atoms with van der Waals surface area (Å²) >= 11 is 0. The second kappa shape index (κ2) is 5.44. The van der Waals surface area contributed by atoms with Gasteiger partial charge in [-0.3, -0.25) is 4.79 Å². The molecule has 5 heteroatoms. The molecule has 3 nitrogen and oxygen atoms in total. The molecule has 1 aromatic carbocycles. The molecule has 1 heterocycles. The molecule has 1 fully saturated rings. The minimum absolute atomic E-state index is 0.00934. The summed E-state index contributed by atoms with van der Waals surface area (Å²) in [5.74, 6) is -1.83. The van der Waals surface area contributed by atoms with Gasteiger partial charge in [-0.15, -0.1) is 0 Å². The molecule has 2 rings (SSSR count). The Balaban J connectivity index is 2.17. The summed E-state index contributed by atoms with van der Waals surface area (Å²) in [6.45, 7) is 0.923. The third-order valence-electron chi connectivity index (χ3n) is 3.22. The lowest BCUT2D eigenvalue weighted by Gasteiger charge is -2.32. The minimum atomic E-state index is -0.715. The lowest BCUT2D eigenvalue weighted by molar-refractivity contribution is 0.0615. The summed E-state index contributed by atoms with van der Waals surface area (Å²) in [7, 11) is 0. The number of aliphatic hydroxyl groups is 1. The van der Waals surface area contributed by atoms with Crippen molar-refractivity contribution >= 4 is 5.91 Å². The average molecular weight is 255 g/mol. The second-order valence-electron chi connectivity index (χ2n) is 4.57. The molecule has 1 aliphatic heterocycles.